The lowest BCUT2D eigenvalue weighted by atomic mass is 9.91. The van der Waals surface area contributed by atoms with E-state index >= 15 is 0 Å². The van der Waals surface area contributed by atoms with Crippen molar-refractivity contribution in [3.8, 4) is 5.75 Å². The minimum Gasteiger partial charge on any atom is -0.494 e. The van der Waals surface area contributed by atoms with Gasteiger partial charge in [-0.15, -0.1) is 0 Å². The van der Waals surface area contributed by atoms with Crippen molar-refractivity contribution in [1.29, 1.82) is 0 Å². The summed E-state index contributed by atoms with van der Waals surface area (Å²) in [5, 5.41) is 16.7. The highest BCUT2D eigenvalue weighted by atomic mass is 19.2. The van der Waals surface area contributed by atoms with Gasteiger partial charge in [-0.25, -0.2) is 18.7 Å². The number of ether oxygens (including phenoxy) is 1. The van der Waals surface area contributed by atoms with Gasteiger partial charge in [-0.3, -0.25) is 0 Å². The molecule has 1 fully saturated rings. The zero-order chi connectivity index (χ0) is 27.6. The molecule has 1 aromatic heterocycles. The lowest BCUT2D eigenvalue weighted by Crippen LogP contribution is -2.31. The van der Waals surface area contributed by atoms with Crippen LogP contribution in [-0.4, -0.2) is 65.3 Å². The van der Waals surface area contributed by atoms with Gasteiger partial charge in [-0.2, -0.15) is 4.98 Å². The Bertz CT molecular complexity index is 1300. The molecule has 0 aliphatic carbocycles. The lowest BCUT2D eigenvalue weighted by Gasteiger charge is -2.25. The largest absolute Gasteiger partial charge is 0.494 e. The van der Waals surface area contributed by atoms with E-state index in [1.807, 2.05) is 6.07 Å². The van der Waals surface area contributed by atoms with E-state index in [9.17, 15) is 13.9 Å². The molecule has 38 heavy (non-hydrogen) atoms. The lowest BCUT2D eigenvalue weighted by molar-refractivity contribution is 0.0534. The molecule has 4 rings (SSSR count). The second kappa shape index (κ2) is 10.9. The Morgan fingerprint density at radius 2 is 1.79 bits per heavy atom. The van der Waals surface area contributed by atoms with Crippen molar-refractivity contribution in [2.24, 2.45) is 0 Å². The summed E-state index contributed by atoms with van der Waals surface area (Å²) in [6.45, 7) is 5.02. The van der Waals surface area contributed by atoms with Crippen molar-refractivity contribution in [3.63, 3.8) is 0 Å². The molecule has 2 aromatic carbocycles. The molecule has 1 saturated heterocycles. The Labute approximate surface area is 220 Å². The number of nitrogens with two attached hydrogens (primary N) is 1. The molecule has 0 saturated carbocycles. The molecule has 2 heterocycles. The van der Waals surface area contributed by atoms with Crippen molar-refractivity contribution in [1.82, 2.24) is 19.9 Å². The van der Waals surface area contributed by atoms with E-state index in [2.05, 4.69) is 49.5 Å². The highest BCUT2D eigenvalue weighted by Gasteiger charge is 2.28. The number of halogens is 2. The maximum absolute atomic E-state index is 14.1. The molecule has 12 heteroatoms. The number of anilines is 6. The molecule has 0 spiro atoms. The van der Waals surface area contributed by atoms with E-state index in [-0.39, 0.29) is 29.6 Å². The molecule has 1 unspecified atom stereocenters. The van der Waals surface area contributed by atoms with E-state index in [4.69, 9.17) is 10.5 Å². The number of aliphatic hydroxyl groups is 1. The first-order valence-electron chi connectivity index (χ1n) is 12.4. The summed E-state index contributed by atoms with van der Waals surface area (Å²) < 4.78 is 33.6. The average Bonchev–Trinajstić information content (AvgIpc) is 3.37. The number of benzene rings is 2. The first-order valence-corrected chi connectivity index (χ1v) is 12.4. The molecule has 1 aliphatic heterocycles. The predicted octanol–water partition coefficient (Wildman–Crippen LogP) is 3.99. The third-order valence-corrected chi connectivity index (χ3v) is 6.98. The van der Waals surface area contributed by atoms with Crippen molar-refractivity contribution in [3.05, 3.63) is 47.8 Å². The monoisotopic (exact) mass is 528 g/mol. The fourth-order valence-corrected chi connectivity index (χ4v) is 4.45. The first-order chi connectivity index (χ1) is 18.0. The SMILES string of the molecule is CCC(C)(O)c1cc(F)c(F)cc1Nc1ncnc(Nc2cc(N)c(N3CC[C@@H](N(C)C)C3)cc2OC)n1. The summed E-state index contributed by atoms with van der Waals surface area (Å²) in [7, 11) is 5.71. The van der Waals surface area contributed by atoms with Gasteiger partial charge in [0.15, 0.2) is 11.6 Å². The van der Waals surface area contributed by atoms with Crippen LogP contribution in [0.4, 0.5) is 43.4 Å². The maximum Gasteiger partial charge on any atom is 0.232 e. The van der Waals surface area contributed by atoms with Crippen LogP contribution in [0.3, 0.4) is 0 Å². The molecule has 0 amide bonds. The number of nitrogens with one attached hydrogen (secondary N) is 2. The van der Waals surface area contributed by atoms with E-state index in [1.165, 1.54) is 13.3 Å². The van der Waals surface area contributed by atoms with Crippen molar-refractivity contribution in [2.75, 3.05) is 55.6 Å². The van der Waals surface area contributed by atoms with E-state index in [0.29, 0.717) is 23.2 Å². The van der Waals surface area contributed by atoms with Crippen LogP contribution in [0.5, 0.6) is 5.75 Å². The van der Waals surface area contributed by atoms with Gasteiger partial charge in [0, 0.05) is 36.8 Å². The predicted molar refractivity (Wildman–Crippen MR) is 144 cm³/mol. The van der Waals surface area contributed by atoms with E-state index < -0.39 is 17.2 Å². The van der Waals surface area contributed by atoms with Crippen molar-refractivity contribution in [2.45, 2.75) is 38.3 Å². The maximum atomic E-state index is 14.1. The zero-order valence-electron chi connectivity index (χ0n) is 22.2. The smallest absolute Gasteiger partial charge is 0.232 e. The normalized spacial score (nSPS) is 17.0. The van der Waals surface area contributed by atoms with Crippen molar-refractivity contribution < 1.29 is 18.6 Å². The van der Waals surface area contributed by atoms with Crippen LogP contribution < -0.4 is 26.0 Å². The topological polar surface area (TPSA) is 125 Å². The Balaban J connectivity index is 1.59. The summed E-state index contributed by atoms with van der Waals surface area (Å²) in [6, 6.07) is 6.03. The number of nitrogen functional groups attached to an aromatic ring is 1. The van der Waals surface area contributed by atoms with Gasteiger partial charge in [0.2, 0.25) is 11.9 Å². The Morgan fingerprint density at radius 3 is 2.39 bits per heavy atom. The Kier molecular flexibility index (Phi) is 7.83. The average molecular weight is 529 g/mol. The summed E-state index contributed by atoms with van der Waals surface area (Å²) >= 11 is 0. The fraction of sp³-hybridized carbons (Fsp3) is 0.423. The minimum atomic E-state index is -1.40. The second-order valence-corrected chi connectivity index (χ2v) is 9.79. The molecule has 0 bridgehead atoms. The Morgan fingerprint density at radius 1 is 1.13 bits per heavy atom. The molecule has 10 nitrogen and oxygen atoms in total. The fourth-order valence-electron chi connectivity index (χ4n) is 4.45. The van der Waals surface area contributed by atoms with E-state index in [1.54, 1.807) is 20.1 Å². The number of methoxy groups -OCH3 is 1. The Hall–Kier alpha value is -3.77. The summed E-state index contributed by atoms with van der Waals surface area (Å²) in [4.78, 5) is 17.0. The van der Waals surface area contributed by atoms with E-state index in [0.717, 1.165) is 37.3 Å². The van der Waals surface area contributed by atoms with Crippen LogP contribution in [-0.2, 0) is 5.60 Å². The van der Waals surface area contributed by atoms with Gasteiger partial charge < -0.3 is 36.0 Å². The molecule has 2 atom stereocenters. The minimum absolute atomic E-state index is 0.0667. The second-order valence-electron chi connectivity index (χ2n) is 9.79. The van der Waals surface area contributed by atoms with Gasteiger partial charge >= 0.3 is 0 Å². The zero-order valence-corrected chi connectivity index (χ0v) is 22.2. The standard InChI is InChI=1S/C26H34F2N8O2/c1-6-26(2,37)16-9-17(27)18(28)10-20(16)32-24-30-14-31-25(34-24)33-21-11-19(29)22(12-23(21)38-5)36-8-7-15(13-36)35(3)4/h9-12,14-15,37H,6-8,13,29H2,1-5H3,(H2,30,31,32,33,34)/t15-,26?/m1/s1. The van der Waals surface area contributed by atoms with Crippen LogP contribution in [0.15, 0.2) is 30.6 Å². The molecule has 3 aromatic rings. The summed E-state index contributed by atoms with van der Waals surface area (Å²) in [5.41, 5.74) is 7.36. The number of hydrogen-bond acceptors (Lipinski definition) is 10. The van der Waals surface area contributed by atoms with Gasteiger partial charge in [0.1, 0.15) is 12.1 Å². The molecule has 5 N–H and O–H groups in total. The van der Waals surface area contributed by atoms with Crippen LogP contribution in [0.1, 0.15) is 32.3 Å². The molecule has 0 radical (unpaired) electrons. The molecule has 1 aliphatic rings. The number of likely N-dealkylation sites (N-methyl/N-ethyl adjacent to an activating group) is 1. The van der Waals surface area contributed by atoms with Crippen molar-refractivity contribution >= 4 is 34.6 Å². The number of rotatable bonds is 9. The van der Waals surface area contributed by atoms with Gasteiger partial charge in [0.05, 0.1) is 35.5 Å². The number of hydrogen-bond donors (Lipinski definition) is 4. The molecule has 204 valence electrons. The van der Waals surface area contributed by atoms with Gasteiger partial charge in [-0.1, -0.05) is 6.92 Å². The highest BCUT2D eigenvalue weighted by molar-refractivity contribution is 5.79. The summed E-state index contributed by atoms with van der Waals surface area (Å²) in [6.07, 6.45) is 2.59. The third-order valence-electron chi connectivity index (χ3n) is 6.98. The number of nitrogens with zero attached hydrogens (tertiary/aromatic N) is 5. The first kappa shape index (κ1) is 27.3. The third kappa shape index (κ3) is 5.70. The van der Waals surface area contributed by atoms with Crippen LogP contribution in [0.2, 0.25) is 0 Å². The van der Waals surface area contributed by atoms with Gasteiger partial charge in [-0.05, 0) is 46.0 Å². The number of aromatic nitrogens is 3. The molecular formula is C26H34F2N8O2. The van der Waals surface area contributed by atoms with Crippen LogP contribution in [0, 0.1) is 11.6 Å². The quantitative estimate of drug-likeness (QED) is 0.303. The highest BCUT2D eigenvalue weighted by Crippen LogP contribution is 2.38. The summed E-state index contributed by atoms with van der Waals surface area (Å²) in [5.74, 6) is -1.33. The van der Waals surface area contributed by atoms with Gasteiger partial charge in [0.25, 0.3) is 0 Å². The van der Waals surface area contributed by atoms with Crippen LogP contribution in [0.25, 0.3) is 0 Å². The molecular weight excluding hydrogens is 494 g/mol. The van der Waals surface area contributed by atoms with Crippen LogP contribution >= 0.6 is 0 Å².